The molecule has 1 aliphatic carbocycles. The number of hydrogen-bond donors (Lipinski definition) is 4. The van der Waals surface area contributed by atoms with E-state index in [1.54, 1.807) is 24.3 Å². The fourth-order valence-corrected chi connectivity index (χ4v) is 10.6. The van der Waals surface area contributed by atoms with Crippen molar-refractivity contribution in [1.29, 1.82) is 0 Å². The predicted molar refractivity (Wildman–Crippen MR) is 290 cm³/mol. The molecule has 0 spiro atoms. The molecule has 0 radical (unpaired) electrons. The third-order valence-corrected chi connectivity index (χ3v) is 14.7. The largest absolute Gasteiger partial charge is 0.488 e. The van der Waals surface area contributed by atoms with Crippen molar-refractivity contribution in [3.8, 4) is 46.0 Å². The van der Waals surface area contributed by atoms with E-state index >= 15 is 0 Å². The normalized spacial score (nSPS) is 21.9. The van der Waals surface area contributed by atoms with E-state index in [1.807, 2.05) is 27.7 Å². The van der Waals surface area contributed by atoms with Gasteiger partial charge >= 0.3 is 11.4 Å². The van der Waals surface area contributed by atoms with E-state index in [1.165, 1.54) is 0 Å². The monoisotopic (exact) mass is 1150 g/mol. The highest BCUT2D eigenvalue weighted by Crippen LogP contribution is 2.58. The Balaban J connectivity index is 1.48. The van der Waals surface area contributed by atoms with Crippen LogP contribution in [0, 0.1) is 20.2 Å². The Morgan fingerprint density at radius 2 is 0.476 bits per heavy atom. The Morgan fingerprint density at radius 1 is 0.317 bits per heavy atom. The SMILES string of the molecule is CC1c2cc3c4c(NO)c2OCCOCCOCCOc2c1cc1c(c2[N+](=O)[O-])OCCOCCOCCOc2c(cc5c(c2NO)OCCOCCOCCOc2c(cc(c(c2[N+](=O)[O-])OCCOCCOCCO4)C3C)C5C)C1C. The van der Waals surface area contributed by atoms with Gasteiger partial charge in [-0.05, 0) is 24.3 Å². The molecular formula is C56H72N4O22. The van der Waals surface area contributed by atoms with Crippen molar-refractivity contribution in [2.45, 2.75) is 51.4 Å². The molecule has 4 aromatic carbocycles. The number of ether oxygens (including phenoxy) is 16. The van der Waals surface area contributed by atoms with Crippen molar-refractivity contribution in [2.75, 3.05) is 170 Å². The highest BCUT2D eigenvalue weighted by Gasteiger charge is 2.41. The Morgan fingerprint density at radius 3 is 0.646 bits per heavy atom. The topological polar surface area (TPSA) is 298 Å². The van der Waals surface area contributed by atoms with Crippen LogP contribution in [0.15, 0.2) is 24.3 Å². The zero-order valence-electron chi connectivity index (χ0n) is 46.5. The van der Waals surface area contributed by atoms with Crippen LogP contribution in [0.4, 0.5) is 22.7 Å². The number of nitro benzene ring substituents is 2. The molecule has 0 aromatic heterocycles. The lowest BCUT2D eigenvalue weighted by atomic mass is 9.79. The molecule has 5 aliphatic rings. The molecule has 9 rings (SSSR count). The molecule has 0 saturated carbocycles. The number of benzene rings is 4. The highest BCUT2D eigenvalue weighted by atomic mass is 16.6. The van der Waals surface area contributed by atoms with Crippen LogP contribution in [0.1, 0.15) is 95.9 Å². The Hall–Kier alpha value is -6.72. The average molecular weight is 1150 g/mol. The Labute approximate surface area is 473 Å². The number of anilines is 2. The first-order valence-electron chi connectivity index (χ1n) is 27.6. The summed E-state index contributed by atoms with van der Waals surface area (Å²) in [5, 5.41) is 51.1. The lowest BCUT2D eigenvalue weighted by Crippen LogP contribution is -2.19. The summed E-state index contributed by atoms with van der Waals surface area (Å²) < 4.78 is 99.7. The van der Waals surface area contributed by atoms with Crippen molar-refractivity contribution < 1.29 is 96.1 Å². The summed E-state index contributed by atoms with van der Waals surface area (Å²) in [4.78, 5) is 27.0. The van der Waals surface area contributed by atoms with Crippen LogP contribution in [-0.2, 0) is 37.9 Å². The maximum Gasteiger partial charge on any atom is 0.352 e. The van der Waals surface area contributed by atoms with Gasteiger partial charge in [0.15, 0.2) is 23.0 Å². The number of nitrogens with zero attached hydrogens (tertiary/aromatic N) is 2. The summed E-state index contributed by atoms with van der Waals surface area (Å²) in [7, 11) is 0. The van der Waals surface area contributed by atoms with Gasteiger partial charge in [0.05, 0.1) is 116 Å². The molecule has 8 bridgehead atoms. The summed E-state index contributed by atoms with van der Waals surface area (Å²) in [5.74, 6) is -3.96. The lowest BCUT2D eigenvalue weighted by molar-refractivity contribution is -0.387. The molecule has 26 nitrogen and oxygen atoms in total. The first-order chi connectivity index (χ1) is 40.0. The van der Waals surface area contributed by atoms with Crippen LogP contribution < -0.4 is 48.9 Å². The van der Waals surface area contributed by atoms with Crippen LogP contribution in [0.2, 0.25) is 0 Å². The fourth-order valence-electron chi connectivity index (χ4n) is 10.6. The minimum Gasteiger partial charge on any atom is -0.488 e. The molecule has 448 valence electrons. The molecule has 4 heterocycles. The predicted octanol–water partition coefficient (Wildman–Crippen LogP) is 7.24. The van der Waals surface area contributed by atoms with Gasteiger partial charge in [-0.2, -0.15) is 0 Å². The van der Waals surface area contributed by atoms with Crippen LogP contribution >= 0.6 is 0 Å². The summed E-state index contributed by atoms with van der Waals surface area (Å²) >= 11 is 0. The highest BCUT2D eigenvalue weighted by molar-refractivity contribution is 5.78. The number of rotatable bonds is 4. The van der Waals surface area contributed by atoms with E-state index < -0.39 is 44.9 Å². The fraction of sp³-hybridized carbons (Fsp3) is 0.571. The summed E-state index contributed by atoms with van der Waals surface area (Å²) in [6.45, 7) is 8.30. The molecule has 0 amide bonds. The second kappa shape index (κ2) is 29.0. The molecule has 0 saturated heterocycles. The van der Waals surface area contributed by atoms with Gasteiger partial charge in [-0.1, -0.05) is 27.7 Å². The minimum absolute atomic E-state index is 0.0255. The number of hydrogen-bond acceptors (Lipinski definition) is 24. The molecular weight excluding hydrogens is 1080 g/mol. The summed E-state index contributed by atoms with van der Waals surface area (Å²) in [6.07, 6.45) is 0. The summed E-state index contributed by atoms with van der Waals surface area (Å²) in [6, 6.07) is 7.15. The minimum atomic E-state index is -0.930. The quantitative estimate of drug-likeness (QED) is 0.116. The van der Waals surface area contributed by atoms with Crippen LogP contribution in [0.25, 0.3) is 0 Å². The zero-order valence-corrected chi connectivity index (χ0v) is 46.5. The zero-order chi connectivity index (χ0) is 57.5. The smallest absolute Gasteiger partial charge is 0.352 e. The van der Waals surface area contributed by atoms with Crippen molar-refractivity contribution in [3.63, 3.8) is 0 Å². The second-order valence-corrected chi connectivity index (χ2v) is 19.6. The van der Waals surface area contributed by atoms with Crippen molar-refractivity contribution in [3.05, 3.63) is 89.0 Å². The maximum atomic E-state index is 14.1. The van der Waals surface area contributed by atoms with Gasteiger partial charge < -0.3 is 75.8 Å². The first kappa shape index (κ1) is 59.9. The number of nitrogens with one attached hydrogen (secondary N) is 2. The molecule has 4 N–H and O–H groups in total. The van der Waals surface area contributed by atoms with E-state index in [0.717, 1.165) is 0 Å². The van der Waals surface area contributed by atoms with Crippen LogP contribution in [-0.4, -0.2) is 179 Å². The van der Waals surface area contributed by atoms with Gasteiger partial charge in [0.25, 0.3) is 0 Å². The van der Waals surface area contributed by atoms with Gasteiger partial charge in [-0.25, -0.2) is 0 Å². The van der Waals surface area contributed by atoms with Gasteiger partial charge in [0, 0.05) is 68.2 Å². The second-order valence-electron chi connectivity index (χ2n) is 19.6. The average Bonchev–Trinajstić information content (AvgIpc) is 2.97. The molecule has 26 heteroatoms. The Bertz CT molecular complexity index is 2510. The standard InChI is InChI=1S/C56H72N4O22/c1-33-37-29-38-34(2)43-32-44-36(4)40-30-39-35(3)42-31-41(33)53-47(59(63)64)54(42)80-26-18-72-10-7-69-15-23-77-51(39)46(58-62)52(40)78-24-16-70-8-12-74-20-28-82-56(44)48(60(65)66)55(43)81-27-19-73-11-6-68-14-22-76-50(38)45(57-61)49(37)75-21-13-67-5-9-71-17-25-79-53/h29-36,57-58,61-62H,5-28H2,1-4H3. The van der Waals surface area contributed by atoms with Crippen LogP contribution in [0.5, 0.6) is 46.0 Å². The first-order valence-corrected chi connectivity index (χ1v) is 27.6. The van der Waals surface area contributed by atoms with Gasteiger partial charge in [0.2, 0.25) is 23.0 Å². The Kier molecular flexibility index (Phi) is 21.2. The van der Waals surface area contributed by atoms with Crippen LogP contribution in [0.3, 0.4) is 0 Å². The third-order valence-electron chi connectivity index (χ3n) is 14.7. The molecule has 4 aromatic rings. The molecule has 4 aliphatic heterocycles. The maximum absolute atomic E-state index is 14.1. The van der Waals surface area contributed by atoms with Crippen molar-refractivity contribution in [2.24, 2.45) is 0 Å². The van der Waals surface area contributed by atoms with E-state index in [2.05, 4.69) is 11.0 Å². The van der Waals surface area contributed by atoms with Gasteiger partial charge in [0.1, 0.15) is 64.2 Å². The summed E-state index contributed by atoms with van der Waals surface area (Å²) in [5.41, 5.74) is 6.29. The molecule has 0 fully saturated rings. The lowest BCUT2D eigenvalue weighted by Gasteiger charge is -2.31. The molecule has 4 atom stereocenters. The van der Waals surface area contributed by atoms with Gasteiger partial charge in [-0.3, -0.25) is 41.6 Å². The van der Waals surface area contributed by atoms with Crippen molar-refractivity contribution >= 4 is 22.7 Å². The molecule has 4 unspecified atom stereocenters. The number of nitro groups is 2. The van der Waals surface area contributed by atoms with Crippen molar-refractivity contribution in [1.82, 2.24) is 0 Å². The van der Waals surface area contributed by atoms with E-state index in [-0.39, 0.29) is 238 Å². The van der Waals surface area contributed by atoms with E-state index in [4.69, 9.17) is 75.8 Å². The van der Waals surface area contributed by atoms with E-state index in [9.17, 15) is 30.6 Å². The third kappa shape index (κ3) is 13.4. The molecule has 82 heavy (non-hydrogen) atoms. The van der Waals surface area contributed by atoms with Gasteiger partial charge in [-0.15, -0.1) is 0 Å². The van der Waals surface area contributed by atoms with E-state index in [0.29, 0.717) is 22.3 Å².